The van der Waals surface area contributed by atoms with Gasteiger partial charge < -0.3 is 23.8 Å². The number of ether oxygens (including phenoxy) is 4. The molecule has 0 saturated carbocycles. The summed E-state index contributed by atoms with van der Waals surface area (Å²) in [7, 11) is 6.71. The fourth-order valence-electron chi connectivity index (χ4n) is 2.99. The van der Waals surface area contributed by atoms with Crippen molar-refractivity contribution in [3.63, 3.8) is 0 Å². The van der Waals surface area contributed by atoms with Gasteiger partial charge in [-0.1, -0.05) is 12.1 Å². The minimum absolute atomic E-state index is 0.0678. The summed E-state index contributed by atoms with van der Waals surface area (Å²) in [5.41, 5.74) is 1.11. The number of methoxy groups -OCH3 is 3. The molecular formula is C18H27NO5. The first kappa shape index (κ1) is 18.7. The minimum atomic E-state index is -0.182. The van der Waals surface area contributed by atoms with Crippen LogP contribution in [0, 0.1) is 0 Å². The van der Waals surface area contributed by atoms with Crippen LogP contribution in [0.15, 0.2) is 24.3 Å². The van der Waals surface area contributed by atoms with Crippen LogP contribution in [0.25, 0.3) is 0 Å². The van der Waals surface area contributed by atoms with Gasteiger partial charge in [-0.05, 0) is 24.1 Å². The van der Waals surface area contributed by atoms with Crippen molar-refractivity contribution in [1.82, 2.24) is 4.90 Å². The second-order valence-corrected chi connectivity index (χ2v) is 5.93. The van der Waals surface area contributed by atoms with E-state index in [1.54, 1.807) is 33.3 Å². The molecule has 1 saturated heterocycles. The zero-order valence-electron chi connectivity index (χ0n) is 14.9. The van der Waals surface area contributed by atoms with Crippen LogP contribution in [0.1, 0.15) is 12.0 Å². The van der Waals surface area contributed by atoms with Gasteiger partial charge >= 0.3 is 0 Å². The number of benzene rings is 1. The van der Waals surface area contributed by atoms with Gasteiger partial charge in [0.2, 0.25) is 5.91 Å². The molecular weight excluding hydrogens is 310 g/mol. The first-order chi connectivity index (χ1) is 11.6. The highest BCUT2D eigenvalue weighted by Crippen LogP contribution is 2.20. The molecule has 0 N–H and O–H groups in total. The number of carbonyl (C=O) groups is 1. The zero-order valence-corrected chi connectivity index (χ0v) is 14.9. The van der Waals surface area contributed by atoms with Crippen molar-refractivity contribution in [3.8, 4) is 5.75 Å². The number of nitrogens with zero attached hydrogens (tertiary/aromatic N) is 1. The van der Waals surface area contributed by atoms with E-state index in [2.05, 4.69) is 0 Å². The van der Waals surface area contributed by atoms with Crippen LogP contribution >= 0.6 is 0 Å². The lowest BCUT2D eigenvalue weighted by Crippen LogP contribution is -2.57. The van der Waals surface area contributed by atoms with Crippen molar-refractivity contribution in [3.05, 3.63) is 29.8 Å². The Balaban J connectivity index is 1.92. The Hall–Kier alpha value is -1.63. The number of likely N-dealkylation sites (N-methyl/N-ethyl adjacent to an activating group) is 1. The van der Waals surface area contributed by atoms with Gasteiger partial charge in [0.25, 0.3) is 0 Å². The van der Waals surface area contributed by atoms with Crippen molar-refractivity contribution < 1.29 is 23.7 Å². The molecule has 6 nitrogen and oxygen atoms in total. The lowest BCUT2D eigenvalue weighted by Gasteiger charge is -2.40. The molecule has 0 bridgehead atoms. The van der Waals surface area contributed by atoms with Gasteiger partial charge in [-0.2, -0.15) is 0 Å². The van der Waals surface area contributed by atoms with Crippen LogP contribution in [0.4, 0.5) is 0 Å². The van der Waals surface area contributed by atoms with Gasteiger partial charge in [0.1, 0.15) is 18.0 Å². The second kappa shape index (κ2) is 9.01. The zero-order chi connectivity index (χ0) is 17.5. The summed E-state index contributed by atoms with van der Waals surface area (Å²) in [4.78, 5) is 14.3. The number of rotatable bonds is 7. The quantitative estimate of drug-likeness (QED) is 0.755. The maximum absolute atomic E-state index is 12.5. The Morgan fingerprint density at radius 1 is 1.17 bits per heavy atom. The molecule has 0 radical (unpaired) electrons. The molecule has 1 aliphatic rings. The predicted molar refractivity (Wildman–Crippen MR) is 90.3 cm³/mol. The smallest absolute Gasteiger partial charge is 0.223 e. The number of aryl methyl sites for hydroxylation is 1. The fourth-order valence-corrected chi connectivity index (χ4v) is 2.99. The second-order valence-electron chi connectivity index (χ2n) is 5.93. The third-order valence-electron chi connectivity index (χ3n) is 4.57. The van der Waals surface area contributed by atoms with E-state index in [-0.39, 0.29) is 24.2 Å². The Labute approximate surface area is 143 Å². The molecule has 1 aromatic carbocycles. The monoisotopic (exact) mass is 337 g/mol. The van der Waals surface area contributed by atoms with E-state index in [4.69, 9.17) is 18.9 Å². The molecule has 24 heavy (non-hydrogen) atoms. The van der Waals surface area contributed by atoms with Gasteiger partial charge in [0.05, 0.1) is 26.4 Å². The van der Waals surface area contributed by atoms with Crippen molar-refractivity contribution >= 4 is 5.91 Å². The van der Waals surface area contributed by atoms with Gasteiger partial charge in [-0.15, -0.1) is 0 Å². The fraction of sp³-hybridized carbons (Fsp3) is 0.611. The van der Waals surface area contributed by atoms with Crippen LogP contribution in [0.5, 0.6) is 5.75 Å². The first-order valence-electron chi connectivity index (χ1n) is 8.12. The first-order valence-corrected chi connectivity index (χ1v) is 8.12. The van der Waals surface area contributed by atoms with Crippen LogP contribution in [-0.4, -0.2) is 70.6 Å². The van der Waals surface area contributed by atoms with Gasteiger partial charge in [-0.3, -0.25) is 4.79 Å². The lowest BCUT2D eigenvalue weighted by atomic mass is 10.0. The summed E-state index contributed by atoms with van der Waals surface area (Å²) in [6, 6.07) is 7.63. The molecule has 0 spiro atoms. The Morgan fingerprint density at radius 2 is 1.88 bits per heavy atom. The molecule has 6 heteroatoms. The Kier molecular flexibility index (Phi) is 7.02. The highest BCUT2D eigenvalue weighted by atomic mass is 16.6. The lowest BCUT2D eigenvalue weighted by molar-refractivity contribution is -0.164. The standard InChI is InChI=1S/C18H27NO5/c1-19(15-11-24-12-16(22-3)18(15)23-4)17(20)10-7-13-5-8-14(21-2)9-6-13/h5-6,8-9,15-16,18H,7,10-12H2,1-4H3/t15-,16-,18+/m1/s1. The minimum Gasteiger partial charge on any atom is -0.497 e. The van der Waals surface area contributed by atoms with Crippen molar-refractivity contribution in [2.75, 3.05) is 41.6 Å². The molecule has 1 fully saturated rings. The molecule has 134 valence electrons. The van der Waals surface area contributed by atoms with Gasteiger partial charge in [-0.25, -0.2) is 0 Å². The predicted octanol–water partition coefficient (Wildman–Crippen LogP) is 1.51. The van der Waals surface area contributed by atoms with Crippen LogP contribution in [0.2, 0.25) is 0 Å². The third kappa shape index (κ3) is 4.47. The highest BCUT2D eigenvalue weighted by molar-refractivity contribution is 5.76. The van der Waals surface area contributed by atoms with E-state index in [9.17, 15) is 4.79 Å². The van der Waals surface area contributed by atoms with Gasteiger partial charge in [0, 0.05) is 27.7 Å². The highest BCUT2D eigenvalue weighted by Gasteiger charge is 2.38. The SMILES string of the molecule is COc1ccc(CCC(=O)N(C)[C@@H]2COC[C@@H](OC)[C@H]2OC)cc1. The summed E-state index contributed by atoms with van der Waals surface area (Å²) in [5.74, 6) is 0.883. The molecule has 1 aromatic rings. The molecule has 2 rings (SSSR count). The third-order valence-corrected chi connectivity index (χ3v) is 4.57. The number of hydrogen-bond acceptors (Lipinski definition) is 5. The molecule has 0 unspecified atom stereocenters. The average molecular weight is 337 g/mol. The maximum atomic E-state index is 12.5. The van der Waals surface area contributed by atoms with Crippen molar-refractivity contribution in [2.45, 2.75) is 31.1 Å². The maximum Gasteiger partial charge on any atom is 0.223 e. The molecule has 3 atom stereocenters. The van der Waals surface area contributed by atoms with Gasteiger partial charge in [0.15, 0.2) is 0 Å². The normalized spacial score (nSPS) is 23.8. The van der Waals surface area contributed by atoms with Crippen LogP contribution < -0.4 is 4.74 Å². The van der Waals surface area contributed by atoms with E-state index in [0.717, 1.165) is 11.3 Å². The van der Waals surface area contributed by atoms with E-state index < -0.39 is 0 Å². The van der Waals surface area contributed by atoms with Crippen LogP contribution in [-0.2, 0) is 25.4 Å². The topological polar surface area (TPSA) is 57.2 Å². The molecule has 1 heterocycles. The largest absolute Gasteiger partial charge is 0.497 e. The summed E-state index contributed by atoms with van der Waals surface area (Å²) in [6.45, 7) is 0.947. The molecule has 0 aromatic heterocycles. The van der Waals surface area contributed by atoms with Crippen LogP contribution in [0.3, 0.4) is 0 Å². The molecule has 1 amide bonds. The molecule has 0 aliphatic carbocycles. The molecule has 1 aliphatic heterocycles. The Morgan fingerprint density at radius 3 is 2.46 bits per heavy atom. The van der Waals surface area contributed by atoms with E-state index in [0.29, 0.717) is 26.1 Å². The number of carbonyl (C=O) groups excluding carboxylic acids is 1. The number of hydrogen-bond donors (Lipinski definition) is 0. The summed E-state index contributed by atoms with van der Waals surface area (Å²) >= 11 is 0. The Bertz CT molecular complexity index is 519. The summed E-state index contributed by atoms with van der Waals surface area (Å²) < 4.78 is 21.7. The van der Waals surface area contributed by atoms with Crippen molar-refractivity contribution in [1.29, 1.82) is 0 Å². The number of amides is 1. The van der Waals surface area contributed by atoms with E-state index in [1.807, 2.05) is 24.3 Å². The van der Waals surface area contributed by atoms with E-state index >= 15 is 0 Å². The summed E-state index contributed by atoms with van der Waals surface area (Å²) in [6.07, 6.45) is 0.781. The summed E-state index contributed by atoms with van der Waals surface area (Å²) in [5, 5.41) is 0. The van der Waals surface area contributed by atoms with Crippen molar-refractivity contribution in [2.24, 2.45) is 0 Å². The van der Waals surface area contributed by atoms with E-state index in [1.165, 1.54) is 0 Å². The average Bonchev–Trinajstić information content (AvgIpc) is 2.64.